The Morgan fingerprint density at radius 2 is 1.76 bits per heavy atom. The fraction of sp³-hybridized carbons (Fsp3) is 0.200. The van der Waals surface area contributed by atoms with Gasteiger partial charge < -0.3 is 5.11 Å². The monoisotopic (exact) mass is 309 g/mol. The number of aliphatic hydroxyl groups excluding tert-OH is 1. The Morgan fingerprint density at radius 1 is 1.14 bits per heavy atom. The summed E-state index contributed by atoms with van der Waals surface area (Å²) in [6.07, 6.45) is 0. The fourth-order valence-electron chi connectivity index (χ4n) is 1.91. The number of halogens is 1. The Labute approximate surface area is 123 Å². The molecule has 2 N–H and O–H groups in total. The van der Waals surface area contributed by atoms with Crippen molar-refractivity contribution in [2.75, 3.05) is 4.72 Å². The van der Waals surface area contributed by atoms with E-state index in [0.717, 1.165) is 11.6 Å². The normalized spacial score (nSPS) is 11.4. The molecule has 2 rings (SSSR count). The first-order valence-corrected chi connectivity index (χ1v) is 7.81. The Bertz CT molecular complexity index is 755. The molecule has 0 saturated heterocycles. The first-order valence-electron chi connectivity index (χ1n) is 6.33. The van der Waals surface area contributed by atoms with Crippen LogP contribution in [0.25, 0.3) is 0 Å². The van der Waals surface area contributed by atoms with Crippen molar-refractivity contribution in [1.82, 2.24) is 0 Å². The second kappa shape index (κ2) is 5.83. The summed E-state index contributed by atoms with van der Waals surface area (Å²) in [5, 5.41) is 9.10. The van der Waals surface area contributed by atoms with Gasteiger partial charge in [-0.1, -0.05) is 17.7 Å². The summed E-state index contributed by atoms with van der Waals surface area (Å²) in [4.78, 5) is -0.0778. The van der Waals surface area contributed by atoms with Crippen LogP contribution < -0.4 is 4.72 Å². The molecule has 0 unspecified atom stereocenters. The Hall–Kier alpha value is -1.92. The van der Waals surface area contributed by atoms with Crippen molar-refractivity contribution < 1.29 is 17.9 Å². The van der Waals surface area contributed by atoms with Crippen LogP contribution in [0.1, 0.15) is 16.7 Å². The van der Waals surface area contributed by atoms with Crippen LogP contribution in [0.5, 0.6) is 0 Å². The van der Waals surface area contributed by atoms with Crippen LogP contribution in [0.4, 0.5) is 10.1 Å². The minimum atomic E-state index is -3.83. The molecule has 0 radical (unpaired) electrons. The zero-order valence-corrected chi connectivity index (χ0v) is 12.5. The van der Waals surface area contributed by atoms with E-state index in [1.165, 1.54) is 13.0 Å². The highest BCUT2D eigenvalue weighted by molar-refractivity contribution is 7.92. The number of hydrogen-bond acceptors (Lipinski definition) is 3. The predicted octanol–water partition coefficient (Wildman–Crippen LogP) is 2.74. The van der Waals surface area contributed by atoms with Gasteiger partial charge in [0.1, 0.15) is 5.82 Å². The lowest BCUT2D eigenvalue weighted by Crippen LogP contribution is -2.14. The highest BCUT2D eigenvalue weighted by atomic mass is 32.2. The number of aliphatic hydroxyl groups is 1. The molecule has 0 heterocycles. The van der Waals surface area contributed by atoms with Crippen LogP contribution in [0.15, 0.2) is 41.3 Å². The molecule has 112 valence electrons. The first-order chi connectivity index (χ1) is 9.83. The molecular formula is C15H16FNO3S. The van der Waals surface area contributed by atoms with E-state index in [1.54, 1.807) is 24.3 Å². The summed E-state index contributed by atoms with van der Waals surface area (Å²) in [7, 11) is -3.83. The molecule has 21 heavy (non-hydrogen) atoms. The summed E-state index contributed by atoms with van der Waals surface area (Å²) in [6.45, 7) is 2.80. The number of rotatable bonds is 4. The average molecular weight is 309 g/mol. The smallest absolute Gasteiger partial charge is 0.261 e. The molecule has 0 saturated carbocycles. The lowest BCUT2D eigenvalue weighted by atomic mass is 10.1. The number of hydrogen-bond donors (Lipinski definition) is 2. The quantitative estimate of drug-likeness (QED) is 0.912. The molecule has 0 fully saturated rings. The fourth-order valence-corrected chi connectivity index (χ4v) is 3.11. The SMILES string of the molecule is Cc1ccc(NS(=O)(=O)c2cc(C)c(F)c(CO)c2)cc1. The van der Waals surface area contributed by atoms with Gasteiger partial charge in [0.05, 0.1) is 11.5 Å². The Morgan fingerprint density at radius 3 is 2.33 bits per heavy atom. The summed E-state index contributed by atoms with van der Waals surface area (Å²) in [5.74, 6) is -0.591. The van der Waals surface area contributed by atoms with Gasteiger partial charge in [0.25, 0.3) is 10.0 Å². The van der Waals surface area contributed by atoms with Crippen molar-refractivity contribution >= 4 is 15.7 Å². The molecule has 0 bridgehead atoms. The van der Waals surface area contributed by atoms with E-state index in [2.05, 4.69) is 4.72 Å². The van der Waals surface area contributed by atoms with Crippen molar-refractivity contribution in [3.63, 3.8) is 0 Å². The molecule has 2 aromatic carbocycles. The van der Waals surface area contributed by atoms with E-state index in [4.69, 9.17) is 5.11 Å². The van der Waals surface area contributed by atoms with Gasteiger partial charge in [-0.2, -0.15) is 0 Å². The minimum Gasteiger partial charge on any atom is -0.392 e. The van der Waals surface area contributed by atoms with Gasteiger partial charge in [0.2, 0.25) is 0 Å². The molecule has 2 aromatic rings. The van der Waals surface area contributed by atoms with E-state index in [1.807, 2.05) is 6.92 Å². The van der Waals surface area contributed by atoms with Crippen molar-refractivity contribution in [1.29, 1.82) is 0 Å². The lowest BCUT2D eigenvalue weighted by molar-refractivity contribution is 0.275. The van der Waals surface area contributed by atoms with E-state index in [-0.39, 0.29) is 16.0 Å². The topological polar surface area (TPSA) is 66.4 Å². The van der Waals surface area contributed by atoms with Crippen molar-refractivity contribution in [3.05, 3.63) is 58.9 Å². The van der Waals surface area contributed by atoms with E-state index in [9.17, 15) is 12.8 Å². The zero-order chi connectivity index (χ0) is 15.6. The molecule has 0 aliphatic rings. The molecular weight excluding hydrogens is 293 g/mol. The molecule has 4 nitrogen and oxygen atoms in total. The van der Waals surface area contributed by atoms with Crippen LogP contribution >= 0.6 is 0 Å². The summed E-state index contributed by atoms with van der Waals surface area (Å²) >= 11 is 0. The number of nitrogens with one attached hydrogen (secondary N) is 1. The largest absolute Gasteiger partial charge is 0.392 e. The molecule has 0 spiro atoms. The first kappa shape index (κ1) is 15.5. The highest BCUT2D eigenvalue weighted by Gasteiger charge is 2.18. The van der Waals surface area contributed by atoms with E-state index >= 15 is 0 Å². The van der Waals surface area contributed by atoms with Crippen molar-refractivity contribution in [2.24, 2.45) is 0 Å². The standard InChI is InChI=1S/C15H16FNO3S/c1-10-3-5-13(6-4-10)17-21(19,20)14-7-11(2)15(16)12(8-14)9-18/h3-8,17-18H,9H2,1-2H3. The maximum absolute atomic E-state index is 13.7. The highest BCUT2D eigenvalue weighted by Crippen LogP contribution is 2.22. The Balaban J connectivity index is 2.40. The van der Waals surface area contributed by atoms with Crippen LogP contribution in [-0.2, 0) is 16.6 Å². The number of benzene rings is 2. The molecule has 0 aromatic heterocycles. The van der Waals surface area contributed by atoms with Gasteiger partial charge in [0, 0.05) is 11.3 Å². The molecule has 0 atom stereocenters. The van der Waals surface area contributed by atoms with Gasteiger partial charge in [-0.25, -0.2) is 12.8 Å². The molecule has 0 aliphatic carbocycles. The van der Waals surface area contributed by atoms with Crippen molar-refractivity contribution in [3.8, 4) is 0 Å². The van der Waals surface area contributed by atoms with Crippen molar-refractivity contribution in [2.45, 2.75) is 25.3 Å². The van der Waals surface area contributed by atoms with Crippen LogP contribution in [0, 0.1) is 19.7 Å². The van der Waals surface area contributed by atoms with Crippen LogP contribution in [0.3, 0.4) is 0 Å². The molecule has 0 aliphatic heterocycles. The maximum atomic E-state index is 13.7. The van der Waals surface area contributed by atoms with Gasteiger partial charge in [-0.15, -0.1) is 0 Å². The Kier molecular flexibility index (Phi) is 4.29. The number of aryl methyl sites for hydroxylation is 2. The zero-order valence-electron chi connectivity index (χ0n) is 11.7. The number of anilines is 1. The van der Waals surface area contributed by atoms with Gasteiger partial charge in [0.15, 0.2) is 0 Å². The second-order valence-electron chi connectivity index (χ2n) is 4.84. The van der Waals surface area contributed by atoms with Gasteiger partial charge in [-0.3, -0.25) is 4.72 Å². The van der Waals surface area contributed by atoms with Gasteiger partial charge >= 0.3 is 0 Å². The lowest BCUT2D eigenvalue weighted by Gasteiger charge is -2.11. The third-order valence-corrected chi connectivity index (χ3v) is 4.45. The third kappa shape index (κ3) is 3.40. The van der Waals surface area contributed by atoms with E-state index in [0.29, 0.717) is 5.69 Å². The van der Waals surface area contributed by atoms with Crippen LogP contribution in [-0.4, -0.2) is 13.5 Å². The second-order valence-corrected chi connectivity index (χ2v) is 6.53. The summed E-state index contributed by atoms with van der Waals surface area (Å²) in [6, 6.07) is 9.25. The van der Waals surface area contributed by atoms with E-state index < -0.39 is 22.4 Å². The minimum absolute atomic E-state index is 0.0423. The average Bonchev–Trinajstić information content (AvgIpc) is 2.44. The molecule has 0 amide bonds. The number of sulfonamides is 1. The summed E-state index contributed by atoms with van der Waals surface area (Å²) < 4.78 is 40.7. The van der Waals surface area contributed by atoms with Crippen LogP contribution in [0.2, 0.25) is 0 Å². The van der Waals surface area contributed by atoms with Gasteiger partial charge in [-0.05, 0) is 43.7 Å². The third-order valence-electron chi connectivity index (χ3n) is 3.09. The predicted molar refractivity (Wildman–Crippen MR) is 79.0 cm³/mol. The molecule has 6 heteroatoms. The summed E-state index contributed by atoms with van der Waals surface area (Å²) in [5.41, 5.74) is 1.57. The maximum Gasteiger partial charge on any atom is 0.261 e.